The maximum Gasteiger partial charge on any atom is 0.287 e. The van der Waals surface area contributed by atoms with Crippen molar-refractivity contribution < 1.29 is 23.6 Å². The Bertz CT molecular complexity index is 2120. The van der Waals surface area contributed by atoms with Crippen molar-refractivity contribution in [2.75, 3.05) is 13.7 Å². The van der Waals surface area contributed by atoms with Crippen LogP contribution in [0.3, 0.4) is 0 Å². The highest BCUT2D eigenvalue weighted by Crippen LogP contribution is 2.39. The molecule has 0 N–H and O–H groups in total. The second-order valence-corrected chi connectivity index (χ2v) is 10.1. The molecule has 3 aromatic carbocycles. The van der Waals surface area contributed by atoms with Crippen LogP contribution in [0.1, 0.15) is 12.5 Å². The van der Waals surface area contributed by atoms with Gasteiger partial charge in [-0.05, 0) is 70.9 Å². The first kappa shape index (κ1) is 28.6. The second kappa shape index (κ2) is 12.0. The zero-order valence-electron chi connectivity index (χ0n) is 23.3. The van der Waals surface area contributed by atoms with Gasteiger partial charge in [-0.1, -0.05) is 18.2 Å². The van der Waals surface area contributed by atoms with Gasteiger partial charge in [0.2, 0.25) is 11.7 Å². The molecule has 0 atom stereocenters. The zero-order chi connectivity index (χ0) is 30.8. The van der Waals surface area contributed by atoms with Crippen molar-refractivity contribution in [3.05, 3.63) is 109 Å². The smallest absolute Gasteiger partial charge is 0.287 e. The van der Waals surface area contributed by atoms with E-state index in [2.05, 4.69) is 26.0 Å². The summed E-state index contributed by atoms with van der Waals surface area (Å²) in [5, 5.41) is 16.6. The molecule has 6 rings (SSSR count). The Morgan fingerprint density at radius 2 is 1.91 bits per heavy atom. The minimum Gasteiger partial charge on any atom is -0.496 e. The van der Waals surface area contributed by atoms with Crippen molar-refractivity contribution in [2.45, 2.75) is 6.92 Å². The van der Waals surface area contributed by atoms with Gasteiger partial charge in [0.25, 0.3) is 11.2 Å². The number of fused-ring (bicyclic) bond motifs is 2. The average molecular weight is 656 g/mol. The first-order valence-corrected chi connectivity index (χ1v) is 14.0. The molecular formula is C31H22BrN5O7. The fourth-order valence-electron chi connectivity index (χ4n) is 4.51. The summed E-state index contributed by atoms with van der Waals surface area (Å²) in [5.74, 6) is 1.97. The highest BCUT2D eigenvalue weighted by molar-refractivity contribution is 9.10. The number of para-hydroxylation sites is 1. The van der Waals surface area contributed by atoms with Crippen LogP contribution in [0.25, 0.3) is 33.5 Å². The highest BCUT2D eigenvalue weighted by Gasteiger charge is 2.19. The van der Waals surface area contributed by atoms with E-state index in [1.165, 1.54) is 23.0 Å². The minimum absolute atomic E-state index is 0.138. The van der Waals surface area contributed by atoms with Crippen LogP contribution in [-0.2, 0) is 0 Å². The van der Waals surface area contributed by atoms with E-state index in [1.54, 1.807) is 55.6 Å². The highest BCUT2D eigenvalue weighted by atomic mass is 79.9. The summed E-state index contributed by atoms with van der Waals surface area (Å²) in [6, 6.07) is 20.3. The largest absolute Gasteiger partial charge is 0.496 e. The topological polar surface area (TPSA) is 144 Å². The monoisotopic (exact) mass is 655 g/mol. The molecule has 6 aromatic rings. The molecule has 0 bridgehead atoms. The Balaban J connectivity index is 1.43. The maximum atomic E-state index is 13.7. The Labute approximate surface area is 257 Å². The molecule has 220 valence electrons. The fraction of sp³-hybridized carbons (Fsp3) is 0.0968. The molecule has 0 aliphatic heterocycles. The van der Waals surface area contributed by atoms with Crippen LogP contribution in [0.4, 0.5) is 5.69 Å². The summed E-state index contributed by atoms with van der Waals surface area (Å²) < 4.78 is 25.0. The minimum atomic E-state index is -0.542. The lowest BCUT2D eigenvalue weighted by molar-refractivity contribution is -0.385. The van der Waals surface area contributed by atoms with Crippen LogP contribution < -0.4 is 19.8 Å². The lowest BCUT2D eigenvalue weighted by Gasteiger charge is -2.14. The first-order chi connectivity index (χ1) is 21.4. The molecule has 0 fully saturated rings. The molecule has 12 nitrogen and oxygen atoms in total. The van der Waals surface area contributed by atoms with Gasteiger partial charge in [-0.25, -0.2) is 9.97 Å². The van der Waals surface area contributed by atoms with Crippen LogP contribution >= 0.6 is 15.9 Å². The number of furan rings is 1. The number of rotatable bonds is 9. The first-order valence-electron chi connectivity index (χ1n) is 13.2. The SMILES string of the molecule is CCOc1cc(C=Nn2c(-c3cc4c(OC)cccc4o3)nc3ccccc3c2=O)cc(Br)c1Oc1ccc([N+](=O)[O-])cn1. The molecule has 3 aromatic heterocycles. The third kappa shape index (κ3) is 5.47. The number of nitrogens with zero attached hydrogens (tertiary/aromatic N) is 5. The van der Waals surface area contributed by atoms with Gasteiger partial charge in [0.15, 0.2) is 17.3 Å². The summed E-state index contributed by atoms with van der Waals surface area (Å²) in [4.78, 5) is 32.8. The third-order valence-corrected chi connectivity index (χ3v) is 7.10. The third-order valence-electron chi connectivity index (χ3n) is 6.51. The second-order valence-electron chi connectivity index (χ2n) is 9.27. The number of aromatic nitrogens is 3. The van der Waals surface area contributed by atoms with Crippen molar-refractivity contribution in [3.8, 4) is 34.7 Å². The molecule has 13 heteroatoms. The van der Waals surface area contributed by atoms with Gasteiger partial charge in [-0.3, -0.25) is 14.9 Å². The Hall–Kier alpha value is -5.56. The van der Waals surface area contributed by atoms with Crippen molar-refractivity contribution >= 4 is 49.7 Å². The van der Waals surface area contributed by atoms with Crippen LogP contribution in [0.15, 0.2) is 97.8 Å². The number of hydrogen-bond donors (Lipinski definition) is 0. The van der Waals surface area contributed by atoms with E-state index in [4.69, 9.17) is 23.6 Å². The van der Waals surface area contributed by atoms with E-state index < -0.39 is 4.92 Å². The number of ether oxygens (including phenoxy) is 3. The van der Waals surface area contributed by atoms with E-state index in [-0.39, 0.29) is 23.0 Å². The van der Waals surface area contributed by atoms with Crippen LogP contribution in [-0.4, -0.2) is 39.5 Å². The van der Waals surface area contributed by atoms with E-state index in [0.717, 1.165) is 11.6 Å². The van der Waals surface area contributed by atoms with Gasteiger partial charge >= 0.3 is 0 Å². The van der Waals surface area contributed by atoms with Crippen molar-refractivity contribution in [1.29, 1.82) is 0 Å². The molecule has 3 heterocycles. The molecule has 0 amide bonds. The Morgan fingerprint density at radius 1 is 1.07 bits per heavy atom. The Kier molecular flexibility index (Phi) is 7.77. The Morgan fingerprint density at radius 3 is 2.66 bits per heavy atom. The molecule has 0 spiro atoms. The number of benzene rings is 3. The number of halogens is 1. The van der Waals surface area contributed by atoms with E-state index >= 15 is 0 Å². The van der Waals surface area contributed by atoms with Gasteiger partial charge in [0.1, 0.15) is 17.5 Å². The van der Waals surface area contributed by atoms with Gasteiger partial charge in [0.05, 0.1) is 45.6 Å². The number of hydrogen-bond acceptors (Lipinski definition) is 10. The average Bonchev–Trinajstić information content (AvgIpc) is 3.47. The van der Waals surface area contributed by atoms with Crippen molar-refractivity contribution in [3.63, 3.8) is 0 Å². The molecule has 44 heavy (non-hydrogen) atoms. The summed E-state index contributed by atoms with van der Waals surface area (Å²) in [6.45, 7) is 2.14. The van der Waals surface area contributed by atoms with Gasteiger partial charge in [0, 0.05) is 12.1 Å². The zero-order valence-corrected chi connectivity index (χ0v) is 24.8. The van der Waals surface area contributed by atoms with Gasteiger partial charge in [-0.15, -0.1) is 0 Å². The van der Waals surface area contributed by atoms with Gasteiger partial charge < -0.3 is 18.6 Å². The summed E-state index contributed by atoms with van der Waals surface area (Å²) >= 11 is 3.51. The standard InChI is InChI=1S/C31H22BrN5O7/c1-3-42-26-14-18(13-22(32)29(26)44-28-12-11-19(17-33-28)37(39)40)16-34-36-30(35-23-8-5-4-7-20(23)31(36)38)27-15-21-24(41-2)9-6-10-25(21)43-27/h4-17H,3H2,1-2H3. The van der Waals surface area contributed by atoms with Crippen LogP contribution in [0.5, 0.6) is 23.1 Å². The molecule has 0 radical (unpaired) electrons. The summed E-state index contributed by atoms with van der Waals surface area (Å²) in [5.41, 5.74) is 1.09. The maximum absolute atomic E-state index is 13.7. The lowest BCUT2D eigenvalue weighted by Crippen LogP contribution is -2.20. The number of nitro groups is 1. The predicted octanol–water partition coefficient (Wildman–Crippen LogP) is 6.96. The molecular weight excluding hydrogens is 634 g/mol. The number of pyridine rings is 1. The molecule has 0 aliphatic rings. The molecule has 0 aliphatic carbocycles. The van der Waals surface area contributed by atoms with Crippen molar-refractivity contribution in [1.82, 2.24) is 14.6 Å². The summed E-state index contributed by atoms with van der Waals surface area (Å²) in [7, 11) is 1.57. The predicted molar refractivity (Wildman–Crippen MR) is 167 cm³/mol. The fourth-order valence-corrected chi connectivity index (χ4v) is 5.05. The molecule has 0 unspecified atom stereocenters. The number of methoxy groups -OCH3 is 1. The van der Waals surface area contributed by atoms with Gasteiger partial charge in [-0.2, -0.15) is 9.78 Å². The van der Waals surface area contributed by atoms with Crippen molar-refractivity contribution in [2.24, 2.45) is 5.10 Å². The van der Waals surface area contributed by atoms with Crippen LogP contribution in [0.2, 0.25) is 0 Å². The van der Waals surface area contributed by atoms with E-state index in [0.29, 0.717) is 56.1 Å². The van der Waals surface area contributed by atoms with Crippen LogP contribution in [0, 0.1) is 10.1 Å². The summed E-state index contributed by atoms with van der Waals surface area (Å²) in [6.07, 6.45) is 2.60. The molecule has 0 saturated heterocycles. The normalized spacial score (nSPS) is 11.3. The van der Waals surface area contributed by atoms with E-state index in [9.17, 15) is 14.9 Å². The lowest BCUT2D eigenvalue weighted by atomic mass is 10.2. The van der Waals surface area contributed by atoms with E-state index in [1.807, 2.05) is 19.1 Å². The quantitative estimate of drug-likeness (QED) is 0.0917. The molecule has 0 saturated carbocycles.